The van der Waals surface area contributed by atoms with Crippen LogP contribution in [0.3, 0.4) is 0 Å². The molecule has 1 aliphatic rings. The number of nitrogens with zero attached hydrogens (tertiary/aromatic N) is 2. The predicted molar refractivity (Wildman–Crippen MR) is 150 cm³/mol. The molecule has 2 heterocycles. The number of para-hydroxylation sites is 1. The van der Waals surface area contributed by atoms with Crippen LogP contribution in [0.2, 0.25) is 0 Å². The van der Waals surface area contributed by atoms with Crippen molar-refractivity contribution in [1.29, 1.82) is 0 Å². The number of hydrogen-bond acceptors (Lipinski definition) is 3. The maximum absolute atomic E-state index is 12.2. The van der Waals surface area contributed by atoms with E-state index in [0.717, 1.165) is 25.8 Å². The van der Waals surface area contributed by atoms with Gasteiger partial charge >= 0.3 is 5.97 Å². The number of halogens is 1. The fourth-order valence-electron chi connectivity index (χ4n) is 5.83. The van der Waals surface area contributed by atoms with Crippen LogP contribution < -0.4 is 0 Å². The second kappa shape index (κ2) is 13.8. The molecule has 4 nitrogen and oxygen atoms in total. The van der Waals surface area contributed by atoms with Gasteiger partial charge in [-0.2, -0.15) is 0 Å². The minimum Gasteiger partial charge on any atom is -0.465 e. The van der Waals surface area contributed by atoms with Crippen molar-refractivity contribution in [1.82, 2.24) is 9.47 Å². The molecule has 1 saturated heterocycles. The molecule has 0 bridgehead atoms. The number of fused-ring (bicyclic) bond motifs is 1. The quantitative estimate of drug-likeness (QED) is 0.180. The zero-order valence-electron chi connectivity index (χ0n) is 22.7. The summed E-state index contributed by atoms with van der Waals surface area (Å²) in [6.45, 7) is 6.78. The van der Waals surface area contributed by atoms with Crippen LogP contribution in [0.1, 0.15) is 78.5 Å². The van der Waals surface area contributed by atoms with Crippen LogP contribution in [0, 0.1) is 12.8 Å². The first-order valence-electron chi connectivity index (χ1n) is 14.1. The molecule has 0 saturated carbocycles. The van der Waals surface area contributed by atoms with Crippen LogP contribution in [-0.2, 0) is 17.7 Å². The van der Waals surface area contributed by atoms with E-state index in [9.17, 15) is 9.18 Å². The molecule has 0 atom stereocenters. The zero-order chi connectivity index (χ0) is 26.0. The lowest BCUT2D eigenvalue weighted by molar-refractivity contribution is 0.0600. The Morgan fingerprint density at radius 2 is 1.62 bits per heavy atom. The highest BCUT2D eigenvalue weighted by molar-refractivity contribution is 5.89. The predicted octanol–water partition coefficient (Wildman–Crippen LogP) is 7.35. The lowest BCUT2D eigenvalue weighted by Crippen LogP contribution is -2.35. The Morgan fingerprint density at radius 3 is 2.32 bits per heavy atom. The maximum Gasteiger partial charge on any atom is 0.337 e. The second-order valence-electron chi connectivity index (χ2n) is 10.7. The molecule has 1 aliphatic heterocycles. The smallest absolute Gasteiger partial charge is 0.337 e. The number of rotatable bonds is 13. The number of hydrogen-bond donors (Lipinski definition) is 0. The molecule has 2 aromatic carbocycles. The third-order valence-electron chi connectivity index (χ3n) is 8.12. The van der Waals surface area contributed by atoms with E-state index in [1.807, 2.05) is 24.3 Å². The average Bonchev–Trinajstić information content (AvgIpc) is 3.19. The van der Waals surface area contributed by atoms with E-state index in [-0.39, 0.29) is 12.6 Å². The van der Waals surface area contributed by atoms with Gasteiger partial charge in [-0.25, -0.2) is 4.79 Å². The van der Waals surface area contributed by atoms with E-state index in [1.165, 1.54) is 93.0 Å². The number of alkyl halides is 1. The molecule has 37 heavy (non-hydrogen) atoms. The molecule has 0 unspecified atom stereocenters. The first-order chi connectivity index (χ1) is 18.1. The van der Waals surface area contributed by atoms with E-state index in [2.05, 4.69) is 40.7 Å². The normalized spacial score (nSPS) is 14.9. The van der Waals surface area contributed by atoms with Gasteiger partial charge in [0.05, 0.1) is 19.3 Å². The standard InChI is InChI=1S/C32H43FN2O2/c1-25-30(23-26-13-15-28(16-14-26)32(36)37-2)29-11-7-8-12-31(29)35(25)24-27-17-21-34(22-18-27)20-10-6-4-3-5-9-19-33/h7-8,11-16,27H,3-6,9-10,17-24H2,1-2H3. The monoisotopic (exact) mass is 506 g/mol. The Morgan fingerprint density at radius 1 is 0.946 bits per heavy atom. The number of esters is 1. The molecule has 5 heteroatoms. The van der Waals surface area contributed by atoms with Gasteiger partial charge in [0.1, 0.15) is 0 Å². The Kier molecular flexibility index (Phi) is 10.2. The second-order valence-corrected chi connectivity index (χ2v) is 10.7. The van der Waals surface area contributed by atoms with Crippen LogP contribution in [0.15, 0.2) is 48.5 Å². The van der Waals surface area contributed by atoms with E-state index in [4.69, 9.17) is 4.74 Å². The number of piperidine rings is 1. The van der Waals surface area contributed by atoms with E-state index >= 15 is 0 Å². The molecule has 3 aromatic rings. The van der Waals surface area contributed by atoms with Crippen LogP contribution in [-0.4, -0.2) is 48.9 Å². The Balaban J connectivity index is 1.34. The number of methoxy groups -OCH3 is 1. The van der Waals surface area contributed by atoms with Gasteiger partial charge in [-0.3, -0.25) is 4.39 Å². The highest BCUT2D eigenvalue weighted by Crippen LogP contribution is 2.31. The van der Waals surface area contributed by atoms with Gasteiger partial charge < -0.3 is 14.2 Å². The van der Waals surface area contributed by atoms with Crippen molar-refractivity contribution in [2.24, 2.45) is 5.92 Å². The van der Waals surface area contributed by atoms with E-state index in [0.29, 0.717) is 11.5 Å². The molecule has 0 spiro atoms. The molecule has 0 aliphatic carbocycles. The molecule has 4 rings (SSSR count). The third kappa shape index (κ3) is 7.22. The summed E-state index contributed by atoms with van der Waals surface area (Å²) in [5.41, 5.74) is 5.86. The van der Waals surface area contributed by atoms with E-state index in [1.54, 1.807) is 0 Å². The van der Waals surface area contributed by atoms with Crippen molar-refractivity contribution in [3.63, 3.8) is 0 Å². The Bertz CT molecular complexity index is 1130. The minimum absolute atomic E-state index is 0.166. The SMILES string of the molecule is COC(=O)c1ccc(Cc2c(C)n(CC3CCN(CCCCCCCCF)CC3)c3ccccc23)cc1. The summed E-state index contributed by atoms with van der Waals surface area (Å²) in [6.07, 6.45) is 10.1. The molecule has 1 fully saturated rings. The van der Waals surface area contributed by atoms with Crippen molar-refractivity contribution in [2.75, 3.05) is 33.4 Å². The van der Waals surface area contributed by atoms with Crippen molar-refractivity contribution in [2.45, 2.75) is 71.3 Å². The summed E-state index contributed by atoms with van der Waals surface area (Å²) >= 11 is 0. The Labute approximate surface area is 221 Å². The van der Waals surface area contributed by atoms with Gasteiger partial charge in [-0.15, -0.1) is 0 Å². The Hall–Kier alpha value is -2.66. The summed E-state index contributed by atoms with van der Waals surface area (Å²) in [5.74, 6) is 0.411. The fraction of sp³-hybridized carbons (Fsp3) is 0.531. The molecule has 0 amide bonds. The van der Waals surface area contributed by atoms with Crippen molar-refractivity contribution in [3.05, 3.63) is 70.9 Å². The summed E-state index contributed by atoms with van der Waals surface area (Å²) in [4.78, 5) is 14.4. The minimum atomic E-state index is -0.296. The first kappa shape index (κ1) is 27.4. The van der Waals surface area contributed by atoms with Crippen LogP contribution in [0.25, 0.3) is 10.9 Å². The van der Waals surface area contributed by atoms with Gasteiger partial charge in [0.15, 0.2) is 0 Å². The largest absolute Gasteiger partial charge is 0.465 e. The maximum atomic E-state index is 12.2. The van der Waals surface area contributed by atoms with Gasteiger partial charge in [-0.1, -0.05) is 56.0 Å². The summed E-state index contributed by atoms with van der Waals surface area (Å²) in [7, 11) is 1.42. The number of ether oxygens (including phenoxy) is 1. The summed E-state index contributed by atoms with van der Waals surface area (Å²) in [5, 5.41) is 1.33. The highest BCUT2D eigenvalue weighted by Gasteiger charge is 2.22. The third-order valence-corrected chi connectivity index (χ3v) is 8.12. The lowest BCUT2D eigenvalue weighted by atomic mass is 9.96. The number of aromatic nitrogens is 1. The molecular weight excluding hydrogens is 463 g/mol. The first-order valence-corrected chi connectivity index (χ1v) is 14.1. The van der Waals surface area contributed by atoms with Crippen molar-refractivity contribution >= 4 is 16.9 Å². The summed E-state index contributed by atoms with van der Waals surface area (Å²) in [6, 6.07) is 16.6. The van der Waals surface area contributed by atoms with Gasteiger partial charge in [0, 0.05) is 23.1 Å². The topological polar surface area (TPSA) is 34.5 Å². The van der Waals surface area contributed by atoms with Gasteiger partial charge in [-0.05, 0) is 93.9 Å². The molecule has 200 valence electrons. The highest BCUT2D eigenvalue weighted by atomic mass is 19.1. The molecule has 0 radical (unpaired) electrons. The van der Waals surface area contributed by atoms with Crippen molar-refractivity contribution < 1.29 is 13.9 Å². The van der Waals surface area contributed by atoms with Gasteiger partial charge in [0.2, 0.25) is 0 Å². The van der Waals surface area contributed by atoms with Crippen LogP contribution in [0.4, 0.5) is 4.39 Å². The van der Waals surface area contributed by atoms with Crippen molar-refractivity contribution in [3.8, 4) is 0 Å². The molecule has 1 aromatic heterocycles. The number of carbonyl (C=O) groups is 1. The zero-order valence-corrected chi connectivity index (χ0v) is 22.7. The molecular formula is C32H43FN2O2. The molecule has 0 N–H and O–H groups in total. The number of likely N-dealkylation sites (tertiary alicyclic amines) is 1. The van der Waals surface area contributed by atoms with Crippen LogP contribution in [0.5, 0.6) is 0 Å². The van der Waals surface area contributed by atoms with Gasteiger partial charge in [0.25, 0.3) is 0 Å². The fourth-order valence-corrected chi connectivity index (χ4v) is 5.83. The summed E-state index contributed by atoms with van der Waals surface area (Å²) < 4.78 is 19.6. The lowest BCUT2D eigenvalue weighted by Gasteiger charge is -2.32. The number of carbonyl (C=O) groups excluding carboxylic acids is 1. The number of unbranched alkanes of at least 4 members (excludes halogenated alkanes) is 5. The number of benzene rings is 2. The average molecular weight is 507 g/mol. The van der Waals surface area contributed by atoms with E-state index < -0.39 is 0 Å². The van der Waals surface area contributed by atoms with Crippen LogP contribution >= 0.6 is 0 Å².